The monoisotopic (exact) mass is 207 g/mol. The molecule has 5 heteroatoms. The fourth-order valence-corrected chi connectivity index (χ4v) is 1.00. The lowest BCUT2D eigenvalue weighted by molar-refractivity contribution is 0.0519. The molecule has 0 N–H and O–H groups in total. The van der Waals surface area contributed by atoms with Gasteiger partial charge in [0.25, 0.3) is 5.82 Å². The number of carbonyl (C=O) groups is 1. The van der Waals surface area contributed by atoms with E-state index in [1.807, 2.05) is 0 Å². The van der Waals surface area contributed by atoms with Crippen LogP contribution in [0.1, 0.15) is 26.5 Å². The van der Waals surface area contributed by atoms with Crippen LogP contribution in [0, 0.1) is 13.5 Å². The van der Waals surface area contributed by atoms with Crippen LogP contribution in [0.3, 0.4) is 0 Å². The second-order valence-corrected chi connectivity index (χ2v) is 4.15. The standard InChI is InChI=1S/C10H13N3O2/c1-7-6-8(11-5)13(12-7)9(14)15-10(2,3)4/h6H,1-4H3. The zero-order chi connectivity index (χ0) is 11.6. The Morgan fingerprint density at radius 1 is 1.60 bits per heavy atom. The first kappa shape index (κ1) is 11.2. The molecule has 0 unspecified atom stereocenters. The number of ether oxygens (including phenoxy) is 1. The molecule has 0 radical (unpaired) electrons. The van der Waals surface area contributed by atoms with Gasteiger partial charge >= 0.3 is 6.09 Å². The van der Waals surface area contributed by atoms with Gasteiger partial charge in [0.2, 0.25) is 0 Å². The van der Waals surface area contributed by atoms with Crippen molar-refractivity contribution in [2.45, 2.75) is 33.3 Å². The van der Waals surface area contributed by atoms with Crippen molar-refractivity contribution in [1.29, 1.82) is 0 Å². The number of hydrogen-bond donors (Lipinski definition) is 0. The van der Waals surface area contributed by atoms with E-state index in [1.54, 1.807) is 27.7 Å². The third-order valence-electron chi connectivity index (χ3n) is 1.49. The maximum atomic E-state index is 11.6. The van der Waals surface area contributed by atoms with Crippen LogP contribution >= 0.6 is 0 Å². The molecule has 0 amide bonds. The van der Waals surface area contributed by atoms with E-state index in [1.165, 1.54) is 6.07 Å². The third kappa shape index (κ3) is 2.81. The van der Waals surface area contributed by atoms with E-state index < -0.39 is 11.7 Å². The normalized spacial score (nSPS) is 10.9. The largest absolute Gasteiger partial charge is 0.517 e. The van der Waals surface area contributed by atoms with Crippen LogP contribution in [0.4, 0.5) is 10.6 Å². The first-order chi connectivity index (χ1) is 6.83. The molecule has 0 bridgehead atoms. The fourth-order valence-electron chi connectivity index (χ4n) is 1.00. The predicted octanol–water partition coefficient (Wildman–Crippen LogP) is 2.53. The van der Waals surface area contributed by atoms with E-state index in [9.17, 15) is 4.79 Å². The number of hydrogen-bond acceptors (Lipinski definition) is 3. The molecule has 15 heavy (non-hydrogen) atoms. The van der Waals surface area contributed by atoms with E-state index in [0.29, 0.717) is 5.69 Å². The summed E-state index contributed by atoms with van der Waals surface area (Å²) >= 11 is 0. The molecule has 80 valence electrons. The van der Waals surface area contributed by atoms with Crippen LogP contribution in [0.5, 0.6) is 0 Å². The van der Waals surface area contributed by atoms with Gasteiger partial charge in [-0.15, -0.1) is 0 Å². The van der Waals surface area contributed by atoms with Crippen molar-refractivity contribution in [3.63, 3.8) is 0 Å². The molecular weight excluding hydrogens is 194 g/mol. The molecule has 0 aliphatic carbocycles. The molecule has 0 aromatic carbocycles. The fraction of sp³-hybridized carbons (Fsp3) is 0.500. The molecule has 5 nitrogen and oxygen atoms in total. The second-order valence-electron chi connectivity index (χ2n) is 4.15. The Labute approximate surface area is 88.5 Å². The number of aromatic nitrogens is 2. The van der Waals surface area contributed by atoms with Crippen molar-refractivity contribution in [3.8, 4) is 0 Å². The van der Waals surface area contributed by atoms with Gasteiger partial charge in [-0.2, -0.15) is 4.79 Å². The molecule has 0 spiro atoms. The van der Waals surface area contributed by atoms with Gasteiger partial charge in [-0.3, -0.25) is 0 Å². The lowest BCUT2D eigenvalue weighted by atomic mass is 10.2. The summed E-state index contributed by atoms with van der Waals surface area (Å²) in [6, 6.07) is 1.54. The van der Waals surface area contributed by atoms with Crippen molar-refractivity contribution >= 4 is 11.9 Å². The maximum Gasteiger partial charge on any atom is 0.517 e. The first-order valence-electron chi connectivity index (χ1n) is 4.51. The molecule has 0 saturated carbocycles. The highest BCUT2D eigenvalue weighted by molar-refractivity contribution is 5.74. The molecule has 0 fully saturated rings. The van der Waals surface area contributed by atoms with Crippen molar-refractivity contribution in [1.82, 2.24) is 9.78 Å². The maximum absolute atomic E-state index is 11.6. The van der Waals surface area contributed by atoms with Gasteiger partial charge < -0.3 is 9.58 Å². The quantitative estimate of drug-likeness (QED) is 0.614. The lowest BCUT2D eigenvalue weighted by Gasteiger charge is -2.17. The minimum atomic E-state index is -0.624. The molecule has 1 aromatic heterocycles. The van der Waals surface area contributed by atoms with Crippen LogP contribution in [0.25, 0.3) is 4.85 Å². The topological polar surface area (TPSA) is 48.5 Å². The molecule has 1 rings (SSSR count). The minimum absolute atomic E-state index is 0.168. The third-order valence-corrected chi connectivity index (χ3v) is 1.49. The van der Waals surface area contributed by atoms with Gasteiger partial charge in [-0.05, 0) is 33.8 Å². The Hall–Kier alpha value is -1.83. The summed E-state index contributed by atoms with van der Waals surface area (Å²) in [5.74, 6) is 0.168. The van der Waals surface area contributed by atoms with Gasteiger partial charge in [-0.1, -0.05) is 16.4 Å². The van der Waals surface area contributed by atoms with Crippen molar-refractivity contribution in [3.05, 3.63) is 23.2 Å². The Morgan fingerprint density at radius 2 is 2.20 bits per heavy atom. The van der Waals surface area contributed by atoms with Gasteiger partial charge in [0.15, 0.2) is 0 Å². The Morgan fingerprint density at radius 3 is 2.67 bits per heavy atom. The number of nitrogens with zero attached hydrogens (tertiary/aromatic N) is 3. The predicted molar refractivity (Wildman–Crippen MR) is 54.9 cm³/mol. The summed E-state index contributed by atoms with van der Waals surface area (Å²) in [6.45, 7) is 13.9. The zero-order valence-electron chi connectivity index (χ0n) is 9.24. The lowest BCUT2D eigenvalue weighted by Crippen LogP contribution is -2.27. The second kappa shape index (κ2) is 3.73. The van der Waals surface area contributed by atoms with Gasteiger partial charge in [-0.25, -0.2) is 0 Å². The summed E-state index contributed by atoms with van der Waals surface area (Å²) < 4.78 is 6.08. The Bertz CT molecular complexity index is 421. The summed E-state index contributed by atoms with van der Waals surface area (Å²) in [5, 5.41) is 3.89. The van der Waals surface area contributed by atoms with E-state index in [-0.39, 0.29) is 5.82 Å². The van der Waals surface area contributed by atoms with Crippen molar-refractivity contribution in [2.24, 2.45) is 0 Å². The SMILES string of the molecule is [C-]#[N+]c1cc(C)nn1C(=O)OC(C)(C)C. The molecule has 1 heterocycles. The van der Waals surface area contributed by atoms with Crippen LogP contribution in [0.15, 0.2) is 6.07 Å². The molecule has 0 saturated heterocycles. The van der Waals surface area contributed by atoms with Crippen LogP contribution in [0.2, 0.25) is 0 Å². The highest BCUT2D eigenvalue weighted by atomic mass is 16.6. The Balaban J connectivity index is 2.97. The van der Waals surface area contributed by atoms with E-state index in [4.69, 9.17) is 11.3 Å². The highest BCUT2D eigenvalue weighted by Gasteiger charge is 2.24. The average Bonchev–Trinajstić information content (AvgIpc) is 2.43. The average molecular weight is 207 g/mol. The summed E-state index contributed by atoms with van der Waals surface area (Å²) in [6.07, 6.45) is -0.624. The van der Waals surface area contributed by atoms with Crippen molar-refractivity contribution < 1.29 is 9.53 Å². The van der Waals surface area contributed by atoms with Crippen molar-refractivity contribution in [2.75, 3.05) is 0 Å². The smallest absolute Gasteiger partial charge is 0.425 e. The molecule has 0 aliphatic rings. The van der Waals surface area contributed by atoms with Crippen LogP contribution in [-0.4, -0.2) is 21.5 Å². The summed E-state index contributed by atoms with van der Waals surface area (Å²) in [5.41, 5.74) is 0.0304. The van der Waals surface area contributed by atoms with Gasteiger partial charge in [0, 0.05) is 0 Å². The highest BCUT2D eigenvalue weighted by Crippen LogP contribution is 2.16. The van der Waals surface area contributed by atoms with Crippen LogP contribution in [-0.2, 0) is 4.74 Å². The Kier molecular flexibility index (Phi) is 2.80. The van der Waals surface area contributed by atoms with Gasteiger partial charge in [0.1, 0.15) is 5.60 Å². The van der Waals surface area contributed by atoms with Crippen LogP contribution < -0.4 is 0 Å². The zero-order valence-corrected chi connectivity index (χ0v) is 9.24. The number of rotatable bonds is 0. The molecule has 0 atom stereocenters. The molecule has 0 aliphatic heterocycles. The van der Waals surface area contributed by atoms with E-state index in [2.05, 4.69) is 9.94 Å². The number of carbonyl (C=O) groups excluding carboxylic acids is 1. The molecular formula is C10H13N3O2. The first-order valence-corrected chi connectivity index (χ1v) is 4.51. The minimum Gasteiger partial charge on any atom is -0.425 e. The molecule has 1 aromatic rings. The van der Waals surface area contributed by atoms with Gasteiger partial charge in [0.05, 0.1) is 5.69 Å². The summed E-state index contributed by atoms with van der Waals surface area (Å²) in [7, 11) is 0. The number of aryl methyl sites for hydroxylation is 1. The summed E-state index contributed by atoms with van der Waals surface area (Å²) in [4.78, 5) is 14.8. The van der Waals surface area contributed by atoms with E-state index in [0.717, 1.165) is 4.68 Å². The van der Waals surface area contributed by atoms with E-state index >= 15 is 0 Å².